The van der Waals surface area contributed by atoms with Crippen LogP contribution in [0.15, 0.2) is 12.1 Å². The van der Waals surface area contributed by atoms with Crippen molar-refractivity contribution in [3.05, 3.63) is 22.7 Å². The summed E-state index contributed by atoms with van der Waals surface area (Å²) in [5, 5.41) is 3.33. The number of anilines is 1. The number of nitrogens with one attached hydrogen (secondary N) is 1. The van der Waals surface area contributed by atoms with Crippen LogP contribution in [0.4, 0.5) is 5.69 Å². The maximum atomic E-state index is 11.4. The van der Waals surface area contributed by atoms with Crippen molar-refractivity contribution in [3.63, 3.8) is 0 Å². The summed E-state index contributed by atoms with van der Waals surface area (Å²) in [7, 11) is 1.53. The fourth-order valence-electron chi connectivity index (χ4n) is 1.27. The van der Waals surface area contributed by atoms with Gasteiger partial charge in [0.1, 0.15) is 5.75 Å². The van der Waals surface area contributed by atoms with E-state index in [2.05, 4.69) is 5.32 Å². The second kappa shape index (κ2) is 5.72. The van der Waals surface area contributed by atoms with Crippen LogP contribution in [-0.4, -0.2) is 19.6 Å². The van der Waals surface area contributed by atoms with Gasteiger partial charge in [0.2, 0.25) is 5.91 Å². The lowest BCUT2D eigenvalue weighted by molar-refractivity contribution is -0.116. The third-order valence-corrected chi connectivity index (χ3v) is 2.53. The van der Waals surface area contributed by atoms with E-state index in [-0.39, 0.29) is 12.3 Å². The molecule has 0 fully saturated rings. The lowest BCUT2D eigenvalue weighted by atomic mass is 10.2. The van der Waals surface area contributed by atoms with E-state index in [1.807, 2.05) is 6.92 Å². The van der Waals surface area contributed by atoms with Crippen LogP contribution in [0.25, 0.3) is 0 Å². The third-order valence-electron chi connectivity index (χ3n) is 2.13. The van der Waals surface area contributed by atoms with Crippen LogP contribution in [0.1, 0.15) is 12.0 Å². The highest BCUT2D eigenvalue weighted by Crippen LogP contribution is 2.30. The summed E-state index contributed by atoms with van der Waals surface area (Å²) in [5.74, 6) is 0.406. The monoisotopic (exact) mass is 242 g/mol. The minimum Gasteiger partial charge on any atom is -0.495 e. The number of halogens is 1. The zero-order valence-corrected chi connectivity index (χ0v) is 10.1. The van der Waals surface area contributed by atoms with Gasteiger partial charge in [0, 0.05) is 24.1 Å². The van der Waals surface area contributed by atoms with Gasteiger partial charge < -0.3 is 15.8 Å². The van der Waals surface area contributed by atoms with Gasteiger partial charge in [-0.05, 0) is 18.6 Å². The van der Waals surface area contributed by atoms with Gasteiger partial charge >= 0.3 is 0 Å². The number of ether oxygens (including phenoxy) is 1. The molecule has 0 aromatic heterocycles. The van der Waals surface area contributed by atoms with E-state index in [0.29, 0.717) is 23.0 Å². The Kier molecular flexibility index (Phi) is 4.58. The van der Waals surface area contributed by atoms with Crippen LogP contribution in [0.2, 0.25) is 5.02 Å². The second-order valence-electron chi connectivity index (χ2n) is 3.39. The molecule has 16 heavy (non-hydrogen) atoms. The number of carbonyl (C=O) groups excluding carboxylic acids is 1. The smallest absolute Gasteiger partial charge is 0.225 e. The van der Waals surface area contributed by atoms with Crippen molar-refractivity contribution in [1.82, 2.24) is 0 Å². The summed E-state index contributed by atoms with van der Waals surface area (Å²) in [4.78, 5) is 11.4. The molecule has 0 saturated carbocycles. The lowest BCUT2D eigenvalue weighted by Crippen LogP contribution is -2.16. The van der Waals surface area contributed by atoms with Gasteiger partial charge in [0.05, 0.1) is 12.8 Å². The van der Waals surface area contributed by atoms with Crippen LogP contribution >= 0.6 is 11.6 Å². The number of hydrogen-bond acceptors (Lipinski definition) is 3. The van der Waals surface area contributed by atoms with E-state index in [9.17, 15) is 4.79 Å². The highest BCUT2D eigenvalue weighted by atomic mass is 35.5. The zero-order chi connectivity index (χ0) is 12.1. The first-order valence-electron chi connectivity index (χ1n) is 4.92. The predicted octanol–water partition coefficient (Wildman–Crippen LogP) is 1.94. The van der Waals surface area contributed by atoms with Gasteiger partial charge in [-0.1, -0.05) is 11.6 Å². The van der Waals surface area contributed by atoms with Crippen molar-refractivity contribution >= 4 is 23.2 Å². The number of aryl methyl sites for hydroxylation is 1. The van der Waals surface area contributed by atoms with Gasteiger partial charge in [-0.15, -0.1) is 0 Å². The highest BCUT2D eigenvalue weighted by molar-refractivity contribution is 6.31. The van der Waals surface area contributed by atoms with E-state index in [1.54, 1.807) is 12.1 Å². The fourth-order valence-corrected chi connectivity index (χ4v) is 1.43. The molecule has 0 radical (unpaired) electrons. The van der Waals surface area contributed by atoms with Crippen LogP contribution in [0, 0.1) is 6.92 Å². The molecule has 1 amide bonds. The predicted molar refractivity (Wildman–Crippen MR) is 65.0 cm³/mol. The molecule has 0 atom stereocenters. The molecule has 0 saturated heterocycles. The molecule has 0 bridgehead atoms. The summed E-state index contributed by atoms with van der Waals surface area (Å²) < 4.78 is 5.13. The van der Waals surface area contributed by atoms with Crippen molar-refractivity contribution in [2.75, 3.05) is 19.0 Å². The first-order valence-corrected chi connectivity index (χ1v) is 5.30. The normalized spacial score (nSPS) is 10.0. The number of methoxy groups -OCH3 is 1. The van der Waals surface area contributed by atoms with E-state index in [0.717, 1.165) is 5.56 Å². The number of rotatable bonds is 4. The molecule has 88 valence electrons. The molecule has 0 spiro atoms. The minimum absolute atomic E-state index is 0.137. The van der Waals surface area contributed by atoms with E-state index in [1.165, 1.54) is 7.11 Å². The summed E-state index contributed by atoms with van der Waals surface area (Å²) in [5.41, 5.74) is 6.79. The van der Waals surface area contributed by atoms with Crippen LogP contribution in [-0.2, 0) is 4.79 Å². The number of benzene rings is 1. The Balaban J connectivity index is 2.94. The number of nitrogens with two attached hydrogens (primary N) is 1. The summed E-state index contributed by atoms with van der Waals surface area (Å²) in [6, 6.07) is 3.45. The Hall–Kier alpha value is -1.26. The van der Waals surface area contributed by atoms with Gasteiger partial charge in [-0.3, -0.25) is 4.79 Å². The quantitative estimate of drug-likeness (QED) is 0.848. The molecular weight excluding hydrogens is 228 g/mol. The maximum absolute atomic E-state index is 11.4. The number of amides is 1. The summed E-state index contributed by atoms with van der Waals surface area (Å²) >= 11 is 5.95. The molecule has 1 rings (SSSR count). The van der Waals surface area contributed by atoms with Crippen molar-refractivity contribution in [1.29, 1.82) is 0 Å². The van der Waals surface area contributed by atoms with Crippen LogP contribution in [0.5, 0.6) is 5.75 Å². The van der Waals surface area contributed by atoms with Crippen molar-refractivity contribution < 1.29 is 9.53 Å². The average molecular weight is 243 g/mol. The zero-order valence-electron chi connectivity index (χ0n) is 9.34. The Morgan fingerprint density at radius 1 is 1.56 bits per heavy atom. The number of carbonyl (C=O) groups is 1. The standard InChI is InChI=1S/C11H15ClN2O2/c1-7-5-9(14-11(15)3-4-13)10(16-2)6-8(7)12/h5-6H,3-4,13H2,1-2H3,(H,14,15). The molecule has 3 N–H and O–H groups in total. The Morgan fingerprint density at radius 3 is 2.81 bits per heavy atom. The Bertz CT molecular complexity index is 394. The van der Waals surface area contributed by atoms with E-state index >= 15 is 0 Å². The topological polar surface area (TPSA) is 64.3 Å². The summed E-state index contributed by atoms with van der Waals surface area (Å²) in [6.45, 7) is 2.18. The average Bonchev–Trinajstić information content (AvgIpc) is 2.23. The highest BCUT2D eigenvalue weighted by Gasteiger charge is 2.09. The van der Waals surface area contributed by atoms with Gasteiger partial charge in [0.15, 0.2) is 0 Å². The Morgan fingerprint density at radius 2 is 2.25 bits per heavy atom. The van der Waals surface area contributed by atoms with Crippen LogP contribution < -0.4 is 15.8 Å². The van der Waals surface area contributed by atoms with Gasteiger partial charge in [-0.25, -0.2) is 0 Å². The molecule has 0 heterocycles. The second-order valence-corrected chi connectivity index (χ2v) is 3.80. The first kappa shape index (κ1) is 12.8. The van der Waals surface area contributed by atoms with Gasteiger partial charge in [0.25, 0.3) is 0 Å². The molecular formula is C11H15ClN2O2. The molecule has 0 aliphatic heterocycles. The van der Waals surface area contributed by atoms with Crippen molar-refractivity contribution in [3.8, 4) is 5.75 Å². The van der Waals surface area contributed by atoms with E-state index in [4.69, 9.17) is 22.1 Å². The first-order chi connectivity index (χ1) is 7.58. The maximum Gasteiger partial charge on any atom is 0.225 e. The molecule has 4 nitrogen and oxygen atoms in total. The lowest BCUT2D eigenvalue weighted by Gasteiger charge is -2.11. The fraction of sp³-hybridized carbons (Fsp3) is 0.364. The molecule has 1 aromatic carbocycles. The minimum atomic E-state index is -0.137. The summed E-state index contributed by atoms with van der Waals surface area (Å²) in [6.07, 6.45) is 0.283. The third kappa shape index (κ3) is 3.12. The van der Waals surface area contributed by atoms with Crippen molar-refractivity contribution in [2.24, 2.45) is 5.73 Å². The van der Waals surface area contributed by atoms with Gasteiger partial charge in [-0.2, -0.15) is 0 Å². The molecule has 1 aromatic rings. The largest absolute Gasteiger partial charge is 0.495 e. The Labute approximate surface area is 99.7 Å². The van der Waals surface area contributed by atoms with E-state index < -0.39 is 0 Å². The number of hydrogen-bond donors (Lipinski definition) is 2. The molecule has 0 aliphatic rings. The molecule has 0 aliphatic carbocycles. The molecule has 5 heteroatoms. The van der Waals surface area contributed by atoms with Crippen molar-refractivity contribution in [2.45, 2.75) is 13.3 Å². The van der Waals surface area contributed by atoms with Crippen LogP contribution in [0.3, 0.4) is 0 Å². The SMILES string of the molecule is COc1cc(Cl)c(C)cc1NC(=O)CCN. The molecule has 0 unspecified atom stereocenters.